The molecule has 72 heavy (non-hydrogen) atoms. The predicted molar refractivity (Wildman–Crippen MR) is 312 cm³/mol. The van der Waals surface area contributed by atoms with Gasteiger partial charge in [-0.15, -0.1) is 0 Å². The van der Waals surface area contributed by atoms with Gasteiger partial charge in [0.2, 0.25) is 0 Å². The maximum atomic E-state index is 12.9. The van der Waals surface area contributed by atoms with E-state index in [9.17, 15) is 14.4 Å². The van der Waals surface area contributed by atoms with E-state index in [0.29, 0.717) is 19.3 Å². The first-order valence-electron chi connectivity index (χ1n) is 31.3. The minimum absolute atomic E-state index is 0.0775. The Kier molecular flexibility index (Phi) is 58.2. The summed E-state index contributed by atoms with van der Waals surface area (Å²) >= 11 is 0. The molecule has 0 aliphatic heterocycles. The van der Waals surface area contributed by atoms with Crippen LogP contribution in [0.2, 0.25) is 0 Å². The average molecular weight is 1010 g/mol. The van der Waals surface area contributed by atoms with E-state index in [1.165, 1.54) is 199 Å². The summed E-state index contributed by atoms with van der Waals surface area (Å²) in [5, 5.41) is 0. The molecule has 0 rings (SSSR count). The van der Waals surface area contributed by atoms with Gasteiger partial charge in [0.1, 0.15) is 13.2 Å². The van der Waals surface area contributed by atoms with E-state index in [4.69, 9.17) is 14.2 Å². The van der Waals surface area contributed by atoms with Gasteiger partial charge < -0.3 is 14.2 Å². The molecule has 0 saturated heterocycles. The third-order valence-corrected chi connectivity index (χ3v) is 13.7. The largest absolute Gasteiger partial charge is 0.462 e. The topological polar surface area (TPSA) is 78.9 Å². The van der Waals surface area contributed by atoms with E-state index in [0.717, 1.165) is 83.5 Å². The zero-order valence-corrected chi connectivity index (χ0v) is 47.9. The average Bonchev–Trinajstić information content (AvgIpc) is 3.38. The highest BCUT2D eigenvalue weighted by atomic mass is 16.6. The Morgan fingerprint density at radius 2 is 0.500 bits per heavy atom. The molecular weight excluding hydrogens is 889 g/mol. The van der Waals surface area contributed by atoms with Crippen molar-refractivity contribution in [2.24, 2.45) is 0 Å². The first kappa shape index (κ1) is 69.1. The lowest BCUT2D eigenvalue weighted by Gasteiger charge is -2.18. The first-order chi connectivity index (χ1) is 35.5. The number of carbonyl (C=O) groups is 3. The second-order valence-corrected chi connectivity index (χ2v) is 21.0. The van der Waals surface area contributed by atoms with Gasteiger partial charge in [-0.05, 0) is 89.9 Å². The lowest BCUT2D eigenvalue weighted by Crippen LogP contribution is -2.30. The molecule has 0 fully saturated rings. The van der Waals surface area contributed by atoms with Crippen molar-refractivity contribution in [2.45, 2.75) is 329 Å². The minimum Gasteiger partial charge on any atom is -0.462 e. The van der Waals surface area contributed by atoms with Crippen molar-refractivity contribution < 1.29 is 28.6 Å². The Morgan fingerprint density at radius 1 is 0.278 bits per heavy atom. The van der Waals surface area contributed by atoms with E-state index in [1.54, 1.807) is 0 Å². The van der Waals surface area contributed by atoms with Gasteiger partial charge in [-0.2, -0.15) is 0 Å². The number of hydrogen-bond acceptors (Lipinski definition) is 6. The molecule has 0 aromatic carbocycles. The summed E-state index contributed by atoms with van der Waals surface area (Å²) in [7, 11) is 0. The summed E-state index contributed by atoms with van der Waals surface area (Å²) in [5.41, 5.74) is 0. The Balaban J connectivity index is 4.34. The first-order valence-corrected chi connectivity index (χ1v) is 31.3. The molecule has 0 amide bonds. The molecule has 6 nitrogen and oxygen atoms in total. The second-order valence-electron chi connectivity index (χ2n) is 21.0. The number of unbranched alkanes of at least 4 members (excludes halogenated alkanes) is 36. The van der Waals surface area contributed by atoms with Crippen LogP contribution in [0.15, 0.2) is 60.8 Å². The fraction of sp³-hybridized carbons (Fsp3) is 0.803. The molecule has 0 N–H and O–H groups in total. The van der Waals surface area contributed by atoms with Crippen LogP contribution in [0, 0.1) is 0 Å². The van der Waals surface area contributed by atoms with Gasteiger partial charge in [0.05, 0.1) is 0 Å². The fourth-order valence-corrected chi connectivity index (χ4v) is 9.01. The van der Waals surface area contributed by atoms with Crippen LogP contribution in [0.4, 0.5) is 0 Å². The Labute approximate surface area is 447 Å². The van der Waals surface area contributed by atoms with Crippen molar-refractivity contribution in [2.75, 3.05) is 13.2 Å². The van der Waals surface area contributed by atoms with Gasteiger partial charge in [0.25, 0.3) is 0 Å². The quantitative estimate of drug-likeness (QED) is 0.0261. The molecule has 0 radical (unpaired) electrons. The van der Waals surface area contributed by atoms with Crippen LogP contribution < -0.4 is 0 Å². The third-order valence-electron chi connectivity index (χ3n) is 13.7. The van der Waals surface area contributed by atoms with Gasteiger partial charge in [-0.1, -0.05) is 274 Å². The van der Waals surface area contributed by atoms with Gasteiger partial charge in [0.15, 0.2) is 6.10 Å². The Bertz CT molecular complexity index is 1290. The van der Waals surface area contributed by atoms with Crippen molar-refractivity contribution in [3.05, 3.63) is 60.8 Å². The van der Waals surface area contributed by atoms with Crippen molar-refractivity contribution in [3.8, 4) is 0 Å². The molecule has 0 spiro atoms. The molecule has 1 atom stereocenters. The zero-order chi connectivity index (χ0) is 52.2. The molecule has 0 aliphatic carbocycles. The summed E-state index contributed by atoms with van der Waals surface area (Å²) < 4.78 is 16.9. The van der Waals surface area contributed by atoms with Crippen molar-refractivity contribution >= 4 is 17.9 Å². The predicted octanol–water partition coefficient (Wildman–Crippen LogP) is 21.2. The van der Waals surface area contributed by atoms with Crippen molar-refractivity contribution in [3.63, 3.8) is 0 Å². The lowest BCUT2D eigenvalue weighted by molar-refractivity contribution is -0.167. The molecule has 0 bridgehead atoms. The maximum Gasteiger partial charge on any atom is 0.306 e. The van der Waals surface area contributed by atoms with E-state index in [-0.39, 0.29) is 31.1 Å². The van der Waals surface area contributed by atoms with E-state index < -0.39 is 6.10 Å². The Hall–Kier alpha value is -2.89. The molecule has 6 heteroatoms. The highest BCUT2D eigenvalue weighted by Gasteiger charge is 2.19. The molecule has 0 aromatic rings. The van der Waals surface area contributed by atoms with E-state index in [1.807, 2.05) is 0 Å². The van der Waals surface area contributed by atoms with Gasteiger partial charge in [-0.3, -0.25) is 14.4 Å². The van der Waals surface area contributed by atoms with Crippen molar-refractivity contribution in [1.82, 2.24) is 0 Å². The number of ether oxygens (including phenoxy) is 3. The van der Waals surface area contributed by atoms with Crippen LogP contribution in [0.1, 0.15) is 323 Å². The number of esters is 3. The normalized spacial score (nSPS) is 12.4. The SMILES string of the molecule is CCCCCCC/C=C\C/C=C\C/C=C\CCCCCCCCC(=O)OCC(COC(=O)CCCCCCCCCCCCCC)OC(=O)CCCCCCCCCCC/C=C\C/C=C\CCCCCCC. The summed E-state index contributed by atoms with van der Waals surface area (Å²) in [6.45, 7) is 6.64. The standard InChI is InChI=1S/C66H118O6/c1-4-7-10-13-16-19-22-25-27-29-31-33-35-37-39-41-44-47-50-53-56-59-65(68)71-62-63(61-70-64(67)58-55-52-49-46-43-24-21-18-15-12-9-6-3)72-66(69)60-57-54-51-48-45-42-40-38-36-34-32-30-28-26-23-20-17-14-11-8-5-2/h22-23,25-26,29-32,35,37,63H,4-21,24,27-28,33-34,36,38-62H2,1-3H3/b25-22-,26-23-,31-29-,32-30-,37-35-. The molecule has 418 valence electrons. The summed E-state index contributed by atoms with van der Waals surface area (Å²) in [5.74, 6) is -0.880. The maximum absolute atomic E-state index is 12.9. The summed E-state index contributed by atoms with van der Waals surface area (Å²) in [6, 6.07) is 0. The lowest BCUT2D eigenvalue weighted by atomic mass is 10.0. The number of hydrogen-bond donors (Lipinski definition) is 0. The van der Waals surface area contributed by atoms with Gasteiger partial charge in [0, 0.05) is 19.3 Å². The number of rotatable bonds is 57. The second kappa shape index (κ2) is 60.7. The molecule has 0 aliphatic rings. The smallest absolute Gasteiger partial charge is 0.306 e. The summed E-state index contributed by atoms with van der Waals surface area (Å²) in [4.78, 5) is 38.2. The summed E-state index contributed by atoms with van der Waals surface area (Å²) in [6.07, 6.45) is 76.4. The van der Waals surface area contributed by atoms with E-state index >= 15 is 0 Å². The fourth-order valence-electron chi connectivity index (χ4n) is 9.01. The molecular formula is C66H118O6. The minimum atomic E-state index is -0.781. The molecule has 0 heterocycles. The van der Waals surface area contributed by atoms with E-state index in [2.05, 4.69) is 81.5 Å². The van der Waals surface area contributed by atoms with Gasteiger partial charge >= 0.3 is 17.9 Å². The van der Waals surface area contributed by atoms with Crippen LogP contribution in [-0.4, -0.2) is 37.2 Å². The van der Waals surface area contributed by atoms with Crippen LogP contribution >= 0.6 is 0 Å². The molecule has 1 unspecified atom stereocenters. The highest BCUT2D eigenvalue weighted by molar-refractivity contribution is 5.71. The van der Waals surface area contributed by atoms with Gasteiger partial charge in [-0.25, -0.2) is 0 Å². The molecule has 0 saturated carbocycles. The number of allylic oxidation sites excluding steroid dienone is 10. The number of carbonyl (C=O) groups excluding carboxylic acids is 3. The van der Waals surface area contributed by atoms with Crippen molar-refractivity contribution in [1.29, 1.82) is 0 Å². The Morgan fingerprint density at radius 3 is 0.778 bits per heavy atom. The van der Waals surface area contributed by atoms with Crippen LogP contribution in [0.5, 0.6) is 0 Å². The van der Waals surface area contributed by atoms with Crippen LogP contribution in [-0.2, 0) is 28.6 Å². The van der Waals surface area contributed by atoms with Crippen LogP contribution in [0.3, 0.4) is 0 Å². The van der Waals surface area contributed by atoms with Crippen LogP contribution in [0.25, 0.3) is 0 Å². The molecule has 0 aromatic heterocycles. The zero-order valence-electron chi connectivity index (χ0n) is 47.9. The monoisotopic (exact) mass is 1010 g/mol. The highest BCUT2D eigenvalue weighted by Crippen LogP contribution is 2.16. The third kappa shape index (κ3) is 58.0.